The van der Waals surface area contributed by atoms with Crippen LogP contribution in [0.15, 0.2) is 28.5 Å². The molecular formula is C14H20N2O2S3. The molecule has 2 aromatic heterocycles. The third kappa shape index (κ3) is 4.62. The van der Waals surface area contributed by atoms with Crippen molar-refractivity contribution in [3.8, 4) is 0 Å². The predicted molar refractivity (Wildman–Crippen MR) is 89.6 cm³/mol. The van der Waals surface area contributed by atoms with Crippen LogP contribution in [0.5, 0.6) is 0 Å². The zero-order chi connectivity index (χ0) is 15.5. The van der Waals surface area contributed by atoms with Gasteiger partial charge in [-0.1, -0.05) is 0 Å². The van der Waals surface area contributed by atoms with Crippen LogP contribution >= 0.6 is 22.7 Å². The Labute approximate surface area is 134 Å². The van der Waals surface area contributed by atoms with Gasteiger partial charge in [0.15, 0.2) is 0 Å². The molecule has 0 aromatic carbocycles. The summed E-state index contributed by atoms with van der Waals surface area (Å²) in [4.78, 5) is 3.46. The summed E-state index contributed by atoms with van der Waals surface area (Å²) < 4.78 is 27.8. The molecular weight excluding hydrogens is 324 g/mol. The lowest BCUT2D eigenvalue weighted by Gasteiger charge is -2.12. The Morgan fingerprint density at radius 2 is 1.86 bits per heavy atom. The molecule has 21 heavy (non-hydrogen) atoms. The molecule has 7 heteroatoms. The normalized spacial score (nSPS) is 13.5. The zero-order valence-electron chi connectivity index (χ0n) is 12.3. The average molecular weight is 345 g/mol. The van der Waals surface area contributed by atoms with E-state index in [1.54, 1.807) is 17.4 Å². The van der Waals surface area contributed by atoms with Gasteiger partial charge in [-0.2, -0.15) is 0 Å². The molecule has 2 heterocycles. The lowest BCUT2D eigenvalue weighted by molar-refractivity contribution is 0.563. The van der Waals surface area contributed by atoms with Crippen molar-refractivity contribution in [2.24, 2.45) is 0 Å². The Bertz CT molecular complexity index is 689. The first kappa shape index (κ1) is 16.6. The summed E-state index contributed by atoms with van der Waals surface area (Å²) in [6.45, 7) is 4.64. The molecule has 0 amide bonds. The molecule has 0 aliphatic heterocycles. The summed E-state index contributed by atoms with van der Waals surface area (Å²) in [7, 11) is -1.58. The highest BCUT2D eigenvalue weighted by Gasteiger charge is 2.20. The molecule has 0 aliphatic carbocycles. The van der Waals surface area contributed by atoms with Crippen LogP contribution in [-0.4, -0.2) is 21.5 Å². The second kappa shape index (κ2) is 7.02. The van der Waals surface area contributed by atoms with Crippen LogP contribution in [0, 0.1) is 6.92 Å². The van der Waals surface area contributed by atoms with Gasteiger partial charge in [-0.05, 0) is 51.6 Å². The first-order valence-corrected chi connectivity index (χ1v) is 9.83. The van der Waals surface area contributed by atoms with E-state index < -0.39 is 10.0 Å². The average Bonchev–Trinajstić information content (AvgIpc) is 2.99. The van der Waals surface area contributed by atoms with E-state index in [-0.39, 0.29) is 6.04 Å². The molecule has 0 saturated carbocycles. The van der Waals surface area contributed by atoms with Crippen molar-refractivity contribution in [3.63, 3.8) is 0 Å². The fourth-order valence-corrected chi connectivity index (χ4v) is 5.68. The van der Waals surface area contributed by atoms with E-state index in [1.807, 2.05) is 20.0 Å². The molecule has 2 rings (SSSR count). The minimum atomic E-state index is -3.42. The zero-order valence-corrected chi connectivity index (χ0v) is 14.8. The second-order valence-electron chi connectivity index (χ2n) is 4.99. The highest BCUT2D eigenvalue weighted by molar-refractivity contribution is 7.91. The Morgan fingerprint density at radius 3 is 2.48 bits per heavy atom. The number of hydrogen-bond acceptors (Lipinski definition) is 5. The molecule has 116 valence electrons. The van der Waals surface area contributed by atoms with Crippen LogP contribution in [0.4, 0.5) is 0 Å². The standard InChI is InChI=1S/C14H20N2O2S3/c1-10(8-12-5-4-11(2)19-12)16-21(17,18)14-7-6-13(20-14)9-15-3/h4-7,10,15-16H,8-9H2,1-3H3. The molecule has 2 N–H and O–H groups in total. The van der Waals surface area contributed by atoms with Gasteiger partial charge in [0.05, 0.1) is 0 Å². The minimum Gasteiger partial charge on any atom is -0.315 e. The topological polar surface area (TPSA) is 58.2 Å². The van der Waals surface area contributed by atoms with Gasteiger partial charge in [-0.25, -0.2) is 13.1 Å². The molecule has 2 aromatic rings. The van der Waals surface area contributed by atoms with E-state index in [2.05, 4.69) is 29.1 Å². The van der Waals surface area contributed by atoms with Crippen LogP contribution in [0.2, 0.25) is 0 Å². The maximum atomic E-state index is 12.3. The van der Waals surface area contributed by atoms with Crippen LogP contribution in [0.25, 0.3) is 0 Å². The molecule has 0 spiro atoms. The smallest absolute Gasteiger partial charge is 0.250 e. The van der Waals surface area contributed by atoms with Gasteiger partial charge in [-0.3, -0.25) is 0 Å². The van der Waals surface area contributed by atoms with Crippen LogP contribution in [0.1, 0.15) is 21.6 Å². The third-order valence-corrected chi connectivity index (χ3v) is 7.10. The van der Waals surface area contributed by atoms with E-state index in [0.717, 1.165) is 4.88 Å². The molecule has 0 saturated heterocycles. The first-order valence-electron chi connectivity index (χ1n) is 6.71. The lowest BCUT2D eigenvalue weighted by Crippen LogP contribution is -2.33. The number of nitrogens with one attached hydrogen (secondary N) is 2. The summed E-state index contributed by atoms with van der Waals surface area (Å²) >= 11 is 3.01. The van der Waals surface area contributed by atoms with Gasteiger partial charge in [-0.15, -0.1) is 22.7 Å². The quantitative estimate of drug-likeness (QED) is 0.812. The summed E-state index contributed by atoms with van der Waals surface area (Å²) in [5, 5.41) is 3.02. The van der Waals surface area contributed by atoms with Gasteiger partial charge < -0.3 is 5.32 Å². The minimum absolute atomic E-state index is 0.122. The van der Waals surface area contributed by atoms with Crippen molar-refractivity contribution in [3.05, 3.63) is 38.9 Å². The number of rotatable bonds is 7. The van der Waals surface area contributed by atoms with Gasteiger partial charge in [0, 0.05) is 27.2 Å². The predicted octanol–water partition coefficient (Wildman–Crippen LogP) is 2.75. The maximum Gasteiger partial charge on any atom is 0.250 e. The van der Waals surface area contributed by atoms with Crippen molar-refractivity contribution < 1.29 is 8.42 Å². The van der Waals surface area contributed by atoms with Crippen molar-refractivity contribution in [1.82, 2.24) is 10.0 Å². The fraction of sp³-hybridized carbons (Fsp3) is 0.429. The molecule has 1 unspecified atom stereocenters. The van der Waals surface area contributed by atoms with Crippen molar-refractivity contribution >= 4 is 32.7 Å². The molecule has 4 nitrogen and oxygen atoms in total. The van der Waals surface area contributed by atoms with Crippen molar-refractivity contribution in [1.29, 1.82) is 0 Å². The number of aryl methyl sites for hydroxylation is 1. The molecule has 0 radical (unpaired) electrons. The van der Waals surface area contributed by atoms with E-state index in [9.17, 15) is 8.42 Å². The van der Waals surface area contributed by atoms with E-state index in [4.69, 9.17) is 0 Å². The van der Waals surface area contributed by atoms with Crippen LogP contribution < -0.4 is 10.0 Å². The van der Waals surface area contributed by atoms with Crippen molar-refractivity contribution in [2.45, 2.75) is 37.1 Å². The second-order valence-corrected chi connectivity index (χ2v) is 9.47. The summed E-state index contributed by atoms with van der Waals surface area (Å²) in [6, 6.07) is 7.51. The highest BCUT2D eigenvalue weighted by Crippen LogP contribution is 2.22. The van der Waals surface area contributed by atoms with Gasteiger partial charge in [0.2, 0.25) is 10.0 Å². The highest BCUT2D eigenvalue weighted by atomic mass is 32.2. The van der Waals surface area contributed by atoms with Gasteiger partial charge in [0.25, 0.3) is 0 Å². The SMILES string of the molecule is CNCc1ccc(S(=O)(=O)NC(C)Cc2ccc(C)s2)s1. The Morgan fingerprint density at radius 1 is 1.14 bits per heavy atom. The molecule has 0 fully saturated rings. The Kier molecular flexibility index (Phi) is 5.56. The van der Waals surface area contributed by atoms with Crippen molar-refractivity contribution in [2.75, 3.05) is 7.05 Å². The Hall–Kier alpha value is -0.730. The number of sulfonamides is 1. The summed E-state index contributed by atoms with van der Waals surface area (Å²) in [5.41, 5.74) is 0. The van der Waals surface area contributed by atoms with Crippen LogP contribution in [0.3, 0.4) is 0 Å². The fourth-order valence-electron chi connectivity index (χ4n) is 2.03. The Balaban J connectivity index is 2.02. The largest absolute Gasteiger partial charge is 0.315 e. The van der Waals surface area contributed by atoms with Gasteiger partial charge in [0.1, 0.15) is 4.21 Å². The van der Waals surface area contributed by atoms with Gasteiger partial charge >= 0.3 is 0 Å². The summed E-state index contributed by atoms with van der Waals surface area (Å²) in [6.07, 6.45) is 0.715. The van der Waals surface area contributed by atoms with Crippen LogP contribution in [-0.2, 0) is 23.0 Å². The van der Waals surface area contributed by atoms with E-state index in [1.165, 1.54) is 21.1 Å². The number of hydrogen-bond donors (Lipinski definition) is 2. The maximum absolute atomic E-state index is 12.3. The van der Waals surface area contributed by atoms with E-state index >= 15 is 0 Å². The summed E-state index contributed by atoms with van der Waals surface area (Å²) in [5.74, 6) is 0. The molecule has 1 atom stereocenters. The monoisotopic (exact) mass is 344 g/mol. The first-order chi connectivity index (χ1) is 9.90. The lowest BCUT2D eigenvalue weighted by atomic mass is 10.2. The number of thiophene rings is 2. The molecule has 0 bridgehead atoms. The van der Waals surface area contributed by atoms with E-state index in [0.29, 0.717) is 17.2 Å². The molecule has 0 aliphatic rings. The third-order valence-electron chi connectivity index (χ3n) is 2.91.